The fraction of sp³-hybridized carbons (Fsp3) is 0.167. The lowest BCUT2D eigenvalue weighted by Crippen LogP contribution is -2.20. The van der Waals surface area contributed by atoms with E-state index in [9.17, 15) is 14.0 Å². The van der Waals surface area contributed by atoms with Crippen LogP contribution in [-0.2, 0) is 7.05 Å². The molecular weight excluding hydrogens is 343 g/mol. The van der Waals surface area contributed by atoms with Gasteiger partial charge in [0, 0.05) is 7.05 Å². The second-order valence-electron chi connectivity index (χ2n) is 5.33. The van der Waals surface area contributed by atoms with Crippen LogP contribution < -0.4 is 10.3 Å². The Morgan fingerprint density at radius 2 is 2.04 bits per heavy atom. The number of carbonyl (C=O) groups excluding carboxylic acids is 1. The number of aromatic nitrogens is 2. The minimum atomic E-state index is -0.509. The van der Waals surface area contributed by atoms with Crippen LogP contribution >= 0.6 is 11.8 Å². The molecule has 2 aromatic carbocycles. The van der Waals surface area contributed by atoms with Crippen molar-refractivity contribution in [2.45, 2.75) is 5.16 Å². The molecule has 1 heterocycles. The van der Waals surface area contributed by atoms with Crippen molar-refractivity contribution in [3.63, 3.8) is 0 Å². The third-order valence-electron chi connectivity index (χ3n) is 3.74. The monoisotopic (exact) mass is 358 g/mol. The van der Waals surface area contributed by atoms with E-state index in [0.717, 1.165) is 17.8 Å². The SMILES string of the molecule is COc1ccc(F)cc1C(=O)CSc1nc2ccccc2c(=O)n1C. The molecule has 1 aromatic heterocycles. The molecule has 0 atom stereocenters. The number of carbonyl (C=O) groups is 1. The highest BCUT2D eigenvalue weighted by molar-refractivity contribution is 7.99. The molecule has 0 aliphatic heterocycles. The lowest BCUT2D eigenvalue weighted by atomic mass is 10.1. The van der Waals surface area contributed by atoms with Crippen LogP contribution in [0.1, 0.15) is 10.4 Å². The highest BCUT2D eigenvalue weighted by Gasteiger charge is 2.16. The first-order chi connectivity index (χ1) is 12.0. The third kappa shape index (κ3) is 3.41. The lowest BCUT2D eigenvalue weighted by molar-refractivity contribution is 0.101. The van der Waals surface area contributed by atoms with E-state index in [0.29, 0.717) is 21.8 Å². The van der Waals surface area contributed by atoms with E-state index >= 15 is 0 Å². The minimum Gasteiger partial charge on any atom is -0.496 e. The van der Waals surface area contributed by atoms with Crippen LogP contribution in [0.5, 0.6) is 5.75 Å². The molecular formula is C18H15FN2O3S. The molecule has 128 valence electrons. The van der Waals surface area contributed by atoms with Crippen molar-refractivity contribution in [2.24, 2.45) is 7.05 Å². The quantitative estimate of drug-likeness (QED) is 0.399. The van der Waals surface area contributed by atoms with E-state index in [1.165, 1.54) is 23.8 Å². The molecule has 25 heavy (non-hydrogen) atoms. The zero-order valence-corrected chi connectivity index (χ0v) is 14.5. The summed E-state index contributed by atoms with van der Waals surface area (Å²) in [4.78, 5) is 29.2. The number of para-hydroxylation sites is 1. The number of ether oxygens (including phenoxy) is 1. The summed E-state index contributed by atoms with van der Waals surface area (Å²) in [5, 5.41) is 0.944. The van der Waals surface area contributed by atoms with Gasteiger partial charge in [-0.2, -0.15) is 0 Å². The molecule has 0 spiro atoms. The van der Waals surface area contributed by atoms with Crippen LogP contribution in [0.3, 0.4) is 0 Å². The summed E-state index contributed by atoms with van der Waals surface area (Å²) in [6.07, 6.45) is 0. The molecule has 7 heteroatoms. The molecule has 0 unspecified atom stereocenters. The van der Waals surface area contributed by atoms with Crippen molar-refractivity contribution in [1.29, 1.82) is 0 Å². The topological polar surface area (TPSA) is 61.2 Å². The normalized spacial score (nSPS) is 10.8. The average molecular weight is 358 g/mol. The van der Waals surface area contributed by atoms with Gasteiger partial charge in [0.05, 0.1) is 29.3 Å². The molecule has 0 N–H and O–H groups in total. The Kier molecular flexibility index (Phi) is 4.85. The standard InChI is InChI=1S/C18H15FN2O3S/c1-21-17(23)12-5-3-4-6-14(12)20-18(21)25-10-15(22)13-9-11(19)7-8-16(13)24-2/h3-9H,10H2,1-2H3. The molecule has 0 fully saturated rings. The first kappa shape index (κ1) is 17.2. The number of fused-ring (bicyclic) bond motifs is 1. The van der Waals surface area contributed by atoms with E-state index in [1.54, 1.807) is 31.3 Å². The van der Waals surface area contributed by atoms with Gasteiger partial charge in [0.1, 0.15) is 11.6 Å². The number of halogens is 1. The van der Waals surface area contributed by atoms with Crippen LogP contribution in [0.4, 0.5) is 4.39 Å². The van der Waals surface area contributed by atoms with Crippen molar-refractivity contribution in [1.82, 2.24) is 9.55 Å². The van der Waals surface area contributed by atoms with Gasteiger partial charge in [-0.25, -0.2) is 9.37 Å². The number of nitrogens with zero attached hydrogens (tertiary/aromatic N) is 2. The Bertz CT molecular complexity index is 1020. The molecule has 3 rings (SSSR count). The molecule has 0 aliphatic carbocycles. The number of hydrogen-bond acceptors (Lipinski definition) is 5. The summed E-state index contributed by atoms with van der Waals surface area (Å²) in [6.45, 7) is 0. The third-order valence-corrected chi connectivity index (χ3v) is 4.77. The molecule has 0 amide bonds. The number of hydrogen-bond donors (Lipinski definition) is 0. The second kappa shape index (κ2) is 7.06. The van der Waals surface area contributed by atoms with Crippen LogP contribution in [0.15, 0.2) is 52.4 Å². The fourth-order valence-corrected chi connectivity index (χ4v) is 3.29. The molecule has 0 saturated carbocycles. The van der Waals surface area contributed by atoms with Crippen molar-refractivity contribution >= 4 is 28.4 Å². The highest BCUT2D eigenvalue weighted by atomic mass is 32.2. The van der Waals surface area contributed by atoms with Crippen molar-refractivity contribution in [3.05, 3.63) is 64.2 Å². The Labute approximate surface area is 147 Å². The highest BCUT2D eigenvalue weighted by Crippen LogP contribution is 2.23. The molecule has 0 aliphatic rings. The summed E-state index contributed by atoms with van der Waals surface area (Å²) >= 11 is 1.13. The number of rotatable bonds is 5. The second-order valence-corrected chi connectivity index (χ2v) is 6.27. The van der Waals surface area contributed by atoms with Gasteiger partial charge < -0.3 is 4.74 Å². The van der Waals surface area contributed by atoms with Gasteiger partial charge in [-0.3, -0.25) is 14.2 Å². The minimum absolute atomic E-state index is 0.0123. The van der Waals surface area contributed by atoms with E-state index in [2.05, 4.69) is 4.98 Å². The number of thioether (sulfide) groups is 1. The van der Waals surface area contributed by atoms with Crippen molar-refractivity contribution in [2.75, 3.05) is 12.9 Å². The summed E-state index contributed by atoms with van der Waals surface area (Å²) in [6, 6.07) is 10.8. The van der Waals surface area contributed by atoms with Gasteiger partial charge in [-0.15, -0.1) is 0 Å². The molecule has 5 nitrogen and oxygen atoms in total. The van der Waals surface area contributed by atoms with Gasteiger partial charge in [-0.1, -0.05) is 23.9 Å². The summed E-state index contributed by atoms with van der Waals surface area (Å²) in [5.41, 5.74) is 0.563. The smallest absolute Gasteiger partial charge is 0.261 e. The Balaban J connectivity index is 1.88. The van der Waals surface area contributed by atoms with Crippen LogP contribution in [0.2, 0.25) is 0 Å². The van der Waals surface area contributed by atoms with Gasteiger partial charge >= 0.3 is 0 Å². The summed E-state index contributed by atoms with van der Waals surface area (Å²) < 4.78 is 19.9. The Hall–Kier alpha value is -2.67. The average Bonchev–Trinajstić information content (AvgIpc) is 2.63. The zero-order chi connectivity index (χ0) is 18.0. The van der Waals surface area contributed by atoms with Crippen LogP contribution in [0.25, 0.3) is 10.9 Å². The van der Waals surface area contributed by atoms with Crippen LogP contribution in [0, 0.1) is 5.82 Å². The van der Waals surface area contributed by atoms with Gasteiger partial charge in [0.15, 0.2) is 10.9 Å². The Morgan fingerprint density at radius 1 is 1.28 bits per heavy atom. The fourth-order valence-electron chi connectivity index (χ4n) is 2.43. The number of Topliss-reactive ketones (excluding diaryl/α,β-unsaturated/α-hetero) is 1. The summed E-state index contributed by atoms with van der Waals surface area (Å²) in [5.74, 6) is -0.486. The predicted molar refractivity (Wildman–Crippen MR) is 95.0 cm³/mol. The number of methoxy groups -OCH3 is 1. The maximum atomic E-state index is 13.4. The summed E-state index contributed by atoms with van der Waals surface area (Å²) in [7, 11) is 3.03. The van der Waals surface area contributed by atoms with Crippen molar-refractivity contribution in [3.8, 4) is 5.75 Å². The number of benzene rings is 2. The first-order valence-electron chi connectivity index (χ1n) is 7.46. The number of ketones is 1. The van der Waals surface area contributed by atoms with E-state index in [1.807, 2.05) is 0 Å². The van der Waals surface area contributed by atoms with Crippen molar-refractivity contribution < 1.29 is 13.9 Å². The zero-order valence-electron chi connectivity index (χ0n) is 13.7. The maximum Gasteiger partial charge on any atom is 0.261 e. The molecule has 0 bridgehead atoms. The molecule has 3 aromatic rings. The maximum absolute atomic E-state index is 13.4. The van der Waals surface area contributed by atoms with Gasteiger partial charge in [0.25, 0.3) is 5.56 Å². The van der Waals surface area contributed by atoms with E-state index in [4.69, 9.17) is 4.74 Å². The van der Waals surface area contributed by atoms with Gasteiger partial charge in [0.2, 0.25) is 0 Å². The Morgan fingerprint density at radius 3 is 2.80 bits per heavy atom. The van der Waals surface area contributed by atoms with Crippen LogP contribution in [-0.4, -0.2) is 28.2 Å². The van der Waals surface area contributed by atoms with E-state index < -0.39 is 5.82 Å². The molecule has 0 radical (unpaired) electrons. The lowest BCUT2D eigenvalue weighted by Gasteiger charge is -2.10. The van der Waals surface area contributed by atoms with E-state index in [-0.39, 0.29) is 22.7 Å². The first-order valence-corrected chi connectivity index (χ1v) is 8.45. The molecule has 0 saturated heterocycles. The largest absolute Gasteiger partial charge is 0.496 e. The predicted octanol–water partition coefficient (Wildman–Crippen LogP) is 3.06. The van der Waals surface area contributed by atoms with Gasteiger partial charge in [-0.05, 0) is 30.3 Å².